The minimum Gasteiger partial charge on any atom is -0.378 e. The molecule has 1 aromatic carbocycles. The number of halogens is 2. The van der Waals surface area contributed by atoms with Crippen LogP contribution in [0.4, 0.5) is 28.8 Å². The zero-order valence-electron chi connectivity index (χ0n) is 17.9. The van der Waals surface area contributed by atoms with E-state index in [-0.39, 0.29) is 17.4 Å². The van der Waals surface area contributed by atoms with E-state index >= 15 is 0 Å². The lowest BCUT2D eigenvalue weighted by molar-refractivity contribution is -0.384. The second-order valence-electron chi connectivity index (χ2n) is 7.55. The molecule has 0 bridgehead atoms. The van der Waals surface area contributed by atoms with Crippen molar-refractivity contribution in [2.24, 2.45) is 0 Å². The van der Waals surface area contributed by atoms with Crippen molar-refractivity contribution in [2.45, 2.75) is 12.8 Å². The molecule has 10 nitrogen and oxygen atoms in total. The smallest absolute Gasteiger partial charge is 0.311 e. The van der Waals surface area contributed by atoms with Crippen LogP contribution in [0.1, 0.15) is 12.8 Å². The summed E-state index contributed by atoms with van der Waals surface area (Å²) in [7, 11) is 0. The number of hydrogen-bond donors (Lipinski definition) is 3. The fourth-order valence-corrected chi connectivity index (χ4v) is 4.15. The van der Waals surface area contributed by atoms with Crippen molar-refractivity contribution in [1.29, 1.82) is 0 Å². The lowest BCUT2D eigenvalue weighted by Crippen LogP contribution is -2.25. The summed E-state index contributed by atoms with van der Waals surface area (Å²) >= 11 is 12.5. The number of nitrogens with zero attached hydrogens (tertiary/aromatic N) is 4. The molecule has 0 saturated carbocycles. The third-order valence-corrected chi connectivity index (χ3v) is 5.81. The number of carbonyl (C=O) groups excluding carboxylic acids is 1. The maximum atomic E-state index is 12.4. The van der Waals surface area contributed by atoms with E-state index in [1.807, 2.05) is 6.07 Å². The Morgan fingerprint density at radius 1 is 1.06 bits per heavy atom. The molecule has 4 rings (SSSR count). The largest absolute Gasteiger partial charge is 0.378 e. The Labute approximate surface area is 205 Å². The molecule has 0 atom stereocenters. The average Bonchev–Trinajstić information content (AvgIpc) is 3.22. The van der Waals surface area contributed by atoms with E-state index in [4.69, 9.17) is 33.9 Å². The molecule has 34 heavy (non-hydrogen) atoms. The van der Waals surface area contributed by atoms with Gasteiger partial charge in [0.1, 0.15) is 11.6 Å². The van der Waals surface area contributed by atoms with Gasteiger partial charge >= 0.3 is 5.69 Å². The number of nitro groups is 1. The van der Waals surface area contributed by atoms with E-state index in [1.165, 1.54) is 12.1 Å². The van der Waals surface area contributed by atoms with Crippen LogP contribution in [-0.4, -0.2) is 40.4 Å². The van der Waals surface area contributed by atoms with Gasteiger partial charge in [0.15, 0.2) is 0 Å². The summed E-state index contributed by atoms with van der Waals surface area (Å²) in [5.74, 6) is 0.915. The van der Waals surface area contributed by atoms with Crippen molar-refractivity contribution in [1.82, 2.24) is 9.97 Å². The van der Waals surface area contributed by atoms with Gasteiger partial charge in [0.2, 0.25) is 11.7 Å². The molecular weight excluding hydrogens is 481 g/mol. The topological polar surface area (TPSA) is 139 Å². The Kier molecular flexibility index (Phi) is 6.99. The first-order chi connectivity index (χ1) is 16.3. The Hall–Kier alpha value is -3.63. The number of pyridine rings is 2. The first-order valence-electron chi connectivity index (χ1n) is 10.5. The second-order valence-corrected chi connectivity index (χ2v) is 8.39. The molecule has 1 aliphatic rings. The van der Waals surface area contributed by atoms with E-state index in [1.54, 1.807) is 29.2 Å². The summed E-state index contributed by atoms with van der Waals surface area (Å²) in [6.07, 6.45) is 1.29. The number of amides is 1. The highest BCUT2D eigenvalue weighted by Gasteiger charge is 2.26. The molecule has 1 aliphatic heterocycles. The normalized spacial score (nSPS) is 13.2. The van der Waals surface area contributed by atoms with Gasteiger partial charge in [0.05, 0.1) is 21.3 Å². The van der Waals surface area contributed by atoms with Crippen molar-refractivity contribution < 1.29 is 9.72 Å². The number of benzene rings is 1. The van der Waals surface area contributed by atoms with Crippen molar-refractivity contribution in [3.8, 4) is 11.3 Å². The lowest BCUT2D eigenvalue weighted by Gasteiger charge is -2.21. The summed E-state index contributed by atoms with van der Waals surface area (Å²) in [6, 6.07) is 11.6. The van der Waals surface area contributed by atoms with E-state index < -0.39 is 4.92 Å². The highest BCUT2D eigenvalue weighted by molar-refractivity contribution is 6.36. The van der Waals surface area contributed by atoms with Crippen molar-refractivity contribution in [3.63, 3.8) is 0 Å². The molecule has 4 N–H and O–H groups in total. The third-order valence-electron chi connectivity index (χ3n) is 5.26. The van der Waals surface area contributed by atoms with Crippen LogP contribution >= 0.6 is 23.2 Å². The van der Waals surface area contributed by atoms with Crippen LogP contribution in [0.2, 0.25) is 10.0 Å². The minimum atomic E-state index is -0.580. The molecule has 3 heterocycles. The van der Waals surface area contributed by atoms with Crippen molar-refractivity contribution in [2.75, 3.05) is 40.9 Å². The van der Waals surface area contributed by atoms with Crippen molar-refractivity contribution >= 4 is 57.9 Å². The number of hydrogen-bond acceptors (Lipinski definition) is 8. The molecule has 1 saturated heterocycles. The van der Waals surface area contributed by atoms with Gasteiger partial charge in [-0.05, 0) is 42.8 Å². The quantitative estimate of drug-likeness (QED) is 0.231. The van der Waals surface area contributed by atoms with Gasteiger partial charge in [-0.3, -0.25) is 14.9 Å². The zero-order valence-corrected chi connectivity index (χ0v) is 19.4. The lowest BCUT2D eigenvalue weighted by atomic mass is 10.1. The molecule has 0 aliphatic carbocycles. The number of nitrogens with one attached hydrogen (secondary N) is 2. The Bertz CT molecular complexity index is 1260. The molecule has 2 aromatic heterocycles. The Morgan fingerprint density at radius 3 is 2.38 bits per heavy atom. The van der Waals surface area contributed by atoms with Gasteiger partial charge in [0.25, 0.3) is 0 Å². The summed E-state index contributed by atoms with van der Waals surface area (Å²) in [6.45, 7) is 1.55. The average molecular weight is 502 g/mol. The third kappa shape index (κ3) is 5.13. The van der Waals surface area contributed by atoms with Crippen LogP contribution in [0.3, 0.4) is 0 Å². The maximum Gasteiger partial charge on any atom is 0.311 e. The summed E-state index contributed by atoms with van der Waals surface area (Å²) < 4.78 is 0. The molecule has 176 valence electrons. The van der Waals surface area contributed by atoms with Crippen LogP contribution in [0.5, 0.6) is 0 Å². The minimum absolute atomic E-state index is 0.0490. The van der Waals surface area contributed by atoms with E-state index in [0.717, 1.165) is 6.42 Å². The maximum absolute atomic E-state index is 12.4. The summed E-state index contributed by atoms with van der Waals surface area (Å²) in [5.41, 5.74) is 7.34. The first-order valence-corrected chi connectivity index (χ1v) is 11.2. The molecule has 0 radical (unpaired) electrons. The summed E-state index contributed by atoms with van der Waals surface area (Å²) in [4.78, 5) is 33.1. The van der Waals surface area contributed by atoms with Crippen LogP contribution in [0.15, 0.2) is 42.5 Å². The number of anilines is 4. The Balaban J connectivity index is 1.50. The number of aromatic nitrogens is 2. The van der Waals surface area contributed by atoms with Gasteiger partial charge in [-0.25, -0.2) is 9.97 Å². The van der Waals surface area contributed by atoms with Gasteiger partial charge in [-0.15, -0.1) is 0 Å². The molecule has 3 aromatic rings. The predicted octanol–water partition coefficient (Wildman–Crippen LogP) is 4.59. The molecular formula is C22H21Cl2N7O3. The molecule has 12 heteroatoms. The van der Waals surface area contributed by atoms with Crippen LogP contribution in [0, 0.1) is 10.1 Å². The van der Waals surface area contributed by atoms with Gasteiger partial charge in [-0.2, -0.15) is 0 Å². The summed E-state index contributed by atoms with van der Waals surface area (Å²) in [5, 5.41) is 18.1. The standard InChI is InChI=1S/C22H21Cl2N7O3/c23-13-3-4-14(15(24)12-13)21-16(30-11-1-2-20(30)32)5-7-18(28-21)26-9-10-27-19-8-6-17(31(33)34)22(25)29-19/h3-8,12H,1-2,9-11H2,(H,26,28)(H3,25,27,29). The number of rotatable bonds is 8. The fourth-order valence-electron chi connectivity index (χ4n) is 3.65. The highest BCUT2D eigenvalue weighted by Crippen LogP contribution is 2.37. The molecule has 0 spiro atoms. The van der Waals surface area contributed by atoms with E-state index in [2.05, 4.69) is 15.6 Å². The SMILES string of the molecule is Nc1nc(NCCNc2ccc(N3CCCC3=O)c(-c3ccc(Cl)cc3Cl)n2)ccc1[N+](=O)[O-]. The van der Waals surface area contributed by atoms with E-state index in [9.17, 15) is 14.9 Å². The fraction of sp³-hybridized carbons (Fsp3) is 0.227. The number of nitrogens with two attached hydrogens (primary N) is 1. The predicted molar refractivity (Wildman–Crippen MR) is 134 cm³/mol. The second kappa shape index (κ2) is 10.1. The number of nitrogen functional groups attached to an aromatic ring is 1. The molecule has 1 fully saturated rings. The van der Waals surface area contributed by atoms with E-state index in [0.29, 0.717) is 64.7 Å². The van der Waals surface area contributed by atoms with Crippen molar-refractivity contribution in [3.05, 3.63) is 62.6 Å². The monoisotopic (exact) mass is 501 g/mol. The van der Waals surface area contributed by atoms with Crippen LogP contribution in [-0.2, 0) is 4.79 Å². The number of carbonyl (C=O) groups is 1. The molecule has 0 unspecified atom stereocenters. The van der Waals surface area contributed by atoms with Crippen LogP contribution in [0.25, 0.3) is 11.3 Å². The van der Waals surface area contributed by atoms with Gasteiger partial charge in [-0.1, -0.05) is 23.2 Å². The highest BCUT2D eigenvalue weighted by atomic mass is 35.5. The van der Waals surface area contributed by atoms with Gasteiger partial charge < -0.3 is 21.3 Å². The van der Waals surface area contributed by atoms with Crippen LogP contribution < -0.4 is 21.3 Å². The first kappa shape index (κ1) is 23.5. The molecule has 1 amide bonds. The zero-order chi connectivity index (χ0) is 24.2. The van der Waals surface area contributed by atoms with Gasteiger partial charge in [0, 0.05) is 42.7 Å². The Morgan fingerprint density at radius 2 is 1.76 bits per heavy atom.